The van der Waals surface area contributed by atoms with Gasteiger partial charge in [0.1, 0.15) is 6.33 Å². The predicted molar refractivity (Wildman–Crippen MR) is 58.0 cm³/mol. The van der Waals surface area contributed by atoms with E-state index in [4.69, 9.17) is 9.84 Å². The molecule has 2 aromatic heterocycles. The zero-order valence-electron chi connectivity index (χ0n) is 9.71. The summed E-state index contributed by atoms with van der Waals surface area (Å²) in [7, 11) is 0. The summed E-state index contributed by atoms with van der Waals surface area (Å²) in [6.45, 7) is 5.07. The van der Waals surface area contributed by atoms with Crippen molar-refractivity contribution in [3.8, 4) is 5.88 Å². The second-order valence-electron chi connectivity index (χ2n) is 3.70. The molecule has 0 aliphatic heterocycles. The molecule has 0 aliphatic rings. The van der Waals surface area contributed by atoms with Crippen molar-refractivity contribution in [3.63, 3.8) is 0 Å². The van der Waals surface area contributed by atoms with E-state index in [-0.39, 0.29) is 0 Å². The molecule has 0 saturated carbocycles. The summed E-state index contributed by atoms with van der Waals surface area (Å²) in [6, 6.07) is 0. The number of ether oxygens (including phenoxy) is 1. The van der Waals surface area contributed by atoms with E-state index in [1.807, 2.05) is 6.92 Å². The number of carbonyl (C=O) groups is 1. The number of aliphatic carboxylic acids is 1. The molecular formula is C10H12N4O3. The lowest BCUT2D eigenvalue weighted by Crippen LogP contribution is -2.25. The molecule has 2 aromatic rings. The first kappa shape index (κ1) is 11.3. The molecule has 0 radical (unpaired) electrons. The molecule has 17 heavy (non-hydrogen) atoms. The number of fused-ring (bicyclic) bond motifs is 1. The van der Waals surface area contributed by atoms with E-state index in [0.29, 0.717) is 11.7 Å². The minimum atomic E-state index is -1.04. The molecule has 0 aliphatic carbocycles. The van der Waals surface area contributed by atoms with Gasteiger partial charge in [0.05, 0.1) is 0 Å². The van der Waals surface area contributed by atoms with Gasteiger partial charge in [-0.15, -0.1) is 0 Å². The lowest BCUT2D eigenvalue weighted by atomic mass is 10.2. The number of aryl methyl sites for hydroxylation is 1. The van der Waals surface area contributed by atoms with Crippen LogP contribution in [0.1, 0.15) is 18.2 Å². The fraction of sp³-hybridized carbons (Fsp3) is 0.400. The van der Waals surface area contributed by atoms with Crippen LogP contribution in [-0.4, -0.2) is 36.8 Å². The van der Waals surface area contributed by atoms with Crippen LogP contribution in [0.25, 0.3) is 5.78 Å². The predicted octanol–water partition coefficient (Wildman–Crippen LogP) is 0.593. The highest BCUT2D eigenvalue weighted by atomic mass is 16.5. The minimum absolute atomic E-state index is 0.361. The maximum Gasteiger partial charge on any atom is 0.344 e. The van der Waals surface area contributed by atoms with Crippen LogP contribution in [0, 0.1) is 13.8 Å². The SMILES string of the molecule is Cc1nc2ncnn2c(OC(C)C(=O)O)c1C. The van der Waals surface area contributed by atoms with Crippen LogP contribution in [0.3, 0.4) is 0 Å². The monoisotopic (exact) mass is 236 g/mol. The van der Waals surface area contributed by atoms with Crippen molar-refractivity contribution in [1.29, 1.82) is 0 Å². The van der Waals surface area contributed by atoms with Crippen molar-refractivity contribution in [2.24, 2.45) is 0 Å². The topological polar surface area (TPSA) is 89.6 Å². The number of nitrogens with zero attached hydrogens (tertiary/aromatic N) is 4. The van der Waals surface area contributed by atoms with Crippen molar-refractivity contribution >= 4 is 11.7 Å². The molecule has 1 N–H and O–H groups in total. The minimum Gasteiger partial charge on any atom is -0.479 e. The molecule has 1 atom stereocenters. The number of carboxylic acids is 1. The number of carboxylic acid groups (broad SMARTS) is 1. The Morgan fingerprint density at radius 2 is 2.24 bits per heavy atom. The van der Waals surface area contributed by atoms with Crippen molar-refractivity contribution in [1.82, 2.24) is 19.6 Å². The van der Waals surface area contributed by atoms with E-state index < -0.39 is 12.1 Å². The van der Waals surface area contributed by atoms with Crippen LogP contribution >= 0.6 is 0 Å². The number of aromatic nitrogens is 4. The Hall–Kier alpha value is -2.18. The van der Waals surface area contributed by atoms with Crippen molar-refractivity contribution in [2.75, 3.05) is 0 Å². The Balaban J connectivity index is 2.54. The number of rotatable bonds is 3. The summed E-state index contributed by atoms with van der Waals surface area (Å²) < 4.78 is 6.77. The number of hydrogen-bond donors (Lipinski definition) is 1. The van der Waals surface area contributed by atoms with Gasteiger partial charge in [-0.2, -0.15) is 14.6 Å². The summed E-state index contributed by atoms with van der Waals surface area (Å²) in [6.07, 6.45) is 0.391. The van der Waals surface area contributed by atoms with Gasteiger partial charge in [-0.1, -0.05) is 0 Å². The average molecular weight is 236 g/mol. The molecule has 0 aromatic carbocycles. The maximum atomic E-state index is 10.8. The Morgan fingerprint density at radius 1 is 1.53 bits per heavy atom. The van der Waals surface area contributed by atoms with E-state index in [0.717, 1.165) is 11.3 Å². The summed E-state index contributed by atoms with van der Waals surface area (Å²) in [5.41, 5.74) is 1.48. The summed E-state index contributed by atoms with van der Waals surface area (Å²) in [5.74, 6) is -0.285. The Kier molecular flexibility index (Phi) is 2.66. The lowest BCUT2D eigenvalue weighted by Gasteiger charge is -2.14. The highest BCUT2D eigenvalue weighted by Gasteiger charge is 2.18. The number of hydrogen-bond acceptors (Lipinski definition) is 5. The van der Waals surface area contributed by atoms with E-state index in [2.05, 4.69) is 15.1 Å². The van der Waals surface area contributed by atoms with Gasteiger partial charge in [0.25, 0.3) is 5.78 Å². The van der Waals surface area contributed by atoms with Gasteiger partial charge in [-0.25, -0.2) is 9.78 Å². The van der Waals surface area contributed by atoms with E-state index >= 15 is 0 Å². The van der Waals surface area contributed by atoms with Crippen LogP contribution in [0.2, 0.25) is 0 Å². The third-order valence-electron chi connectivity index (χ3n) is 2.49. The zero-order chi connectivity index (χ0) is 12.6. The first-order valence-electron chi connectivity index (χ1n) is 5.07. The van der Waals surface area contributed by atoms with E-state index in [1.165, 1.54) is 17.8 Å². The van der Waals surface area contributed by atoms with Crippen LogP contribution in [0.5, 0.6) is 5.88 Å². The smallest absolute Gasteiger partial charge is 0.344 e. The van der Waals surface area contributed by atoms with Crippen molar-refractivity contribution in [3.05, 3.63) is 17.6 Å². The molecular weight excluding hydrogens is 224 g/mol. The third-order valence-corrected chi connectivity index (χ3v) is 2.49. The first-order chi connectivity index (χ1) is 8.00. The van der Waals surface area contributed by atoms with Gasteiger partial charge >= 0.3 is 5.97 Å². The van der Waals surface area contributed by atoms with Gasteiger partial charge in [0, 0.05) is 11.3 Å². The van der Waals surface area contributed by atoms with Crippen LogP contribution < -0.4 is 4.74 Å². The van der Waals surface area contributed by atoms with Crippen molar-refractivity contribution < 1.29 is 14.6 Å². The fourth-order valence-electron chi connectivity index (χ4n) is 1.36. The standard InChI is InChI=1S/C10H12N4O3/c1-5-6(2)13-10-11-4-12-14(10)8(5)17-7(3)9(15)16/h4,7H,1-3H3,(H,15,16). The highest BCUT2D eigenvalue weighted by molar-refractivity contribution is 5.72. The molecule has 90 valence electrons. The zero-order valence-corrected chi connectivity index (χ0v) is 9.71. The molecule has 2 rings (SSSR count). The molecule has 1 unspecified atom stereocenters. The largest absolute Gasteiger partial charge is 0.479 e. The second-order valence-corrected chi connectivity index (χ2v) is 3.70. The normalized spacial score (nSPS) is 12.6. The quantitative estimate of drug-likeness (QED) is 0.839. The lowest BCUT2D eigenvalue weighted by molar-refractivity contribution is -0.144. The molecule has 0 spiro atoms. The van der Waals surface area contributed by atoms with Crippen LogP contribution in [-0.2, 0) is 4.79 Å². The molecule has 7 nitrogen and oxygen atoms in total. The average Bonchev–Trinajstić information content (AvgIpc) is 2.71. The molecule has 0 amide bonds. The second kappa shape index (κ2) is 4.00. The Labute approximate surface area is 97.1 Å². The van der Waals surface area contributed by atoms with E-state index in [9.17, 15) is 4.79 Å². The van der Waals surface area contributed by atoms with Gasteiger partial charge in [-0.3, -0.25) is 0 Å². The first-order valence-corrected chi connectivity index (χ1v) is 5.07. The Morgan fingerprint density at radius 3 is 2.88 bits per heavy atom. The van der Waals surface area contributed by atoms with Crippen molar-refractivity contribution in [2.45, 2.75) is 26.9 Å². The van der Waals surface area contributed by atoms with Gasteiger partial charge < -0.3 is 9.84 Å². The summed E-state index contributed by atoms with van der Waals surface area (Å²) in [4.78, 5) is 18.9. The summed E-state index contributed by atoms with van der Waals surface area (Å²) in [5, 5.41) is 12.8. The van der Waals surface area contributed by atoms with Gasteiger partial charge in [0.2, 0.25) is 5.88 Å². The van der Waals surface area contributed by atoms with Crippen LogP contribution in [0.15, 0.2) is 6.33 Å². The maximum absolute atomic E-state index is 10.8. The van der Waals surface area contributed by atoms with Gasteiger partial charge in [0.15, 0.2) is 6.10 Å². The van der Waals surface area contributed by atoms with Crippen LogP contribution in [0.4, 0.5) is 0 Å². The van der Waals surface area contributed by atoms with E-state index in [1.54, 1.807) is 6.92 Å². The molecule has 0 saturated heterocycles. The fourth-order valence-corrected chi connectivity index (χ4v) is 1.36. The third kappa shape index (κ3) is 1.91. The molecule has 0 bridgehead atoms. The molecule has 0 fully saturated rings. The summed E-state index contributed by atoms with van der Waals surface area (Å²) >= 11 is 0. The highest BCUT2D eigenvalue weighted by Crippen LogP contribution is 2.21. The molecule has 2 heterocycles. The van der Waals surface area contributed by atoms with Gasteiger partial charge in [-0.05, 0) is 20.8 Å². The molecule has 7 heteroatoms. The Bertz CT molecular complexity index is 578.